The van der Waals surface area contributed by atoms with Crippen LogP contribution in [0.25, 0.3) is 0 Å². The van der Waals surface area contributed by atoms with Crippen molar-refractivity contribution in [3.8, 4) is 11.6 Å². The number of nitrogens with zero attached hydrogens (tertiary/aromatic N) is 3. The van der Waals surface area contributed by atoms with Gasteiger partial charge in [0.25, 0.3) is 0 Å². The first-order chi connectivity index (χ1) is 10.2. The second-order valence-electron chi connectivity index (χ2n) is 5.44. The quantitative estimate of drug-likeness (QED) is 0.853. The summed E-state index contributed by atoms with van der Waals surface area (Å²) in [6.07, 6.45) is 3.97. The molecule has 3 rings (SSSR count). The van der Waals surface area contributed by atoms with Crippen molar-refractivity contribution < 1.29 is 4.74 Å². The van der Waals surface area contributed by atoms with Crippen molar-refractivity contribution in [3.63, 3.8) is 0 Å². The molecule has 1 aliphatic rings. The predicted octanol–water partition coefficient (Wildman–Crippen LogP) is 4.16. The molecule has 110 valence electrons. The number of hydrogen-bond acceptors (Lipinski definition) is 4. The molecule has 0 atom stereocenters. The number of ether oxygens (including phenoxy) is 1. The first-order valence-electron chi connectivity index (χ1n) is 7.21. The van der Waals surface area contributed by atoms with Crippen LogP contribution >= 0.6 is 11.6 Å². The molecule has 0 radical (unpaired) electrons. The molecule has 0 spiro atoms. The van der Waals surface area contributed by atoms with Gasteiger partial charge in [0.05, 0.1) is 0 Å². The molecule has 0 unspecified atom stereocenters. The summed E-state index contributed by atoms with van der Waals surface area (Å²) in [5.41, 5.74) is 0. The lowest BCUT2D eigenvalue weighted by Crippen LogP contribution is -2.33. The minimum Gasteiger partial charge on any atom is -0.439 e. The lowest BCUT2D eigenvalue weighted by Gasteiger charge is -2.31. The van der Waals surface area contributed by atoms with Crippen molar-refractivity contribution in [1.82, 2.24) is 9.97 Å². The molecule has 1 aliphatic heterocycles. The molecule has 5 heteroatoms. The second-order valence-corrected chi connectivity index (χ2v) is 5.88. The molecule has 21 heavy (non-hydrogen) atoms. The molecule has 4 nitrogen and oxygen atoms in total. The van der Waals surface area contributed by atoms with Crippen LogP contribution in [0.4, 0.5) is 5.82 Å². The van der Waals surface area contributed by atoms with E-state index in [1.807, 2.05) is 18.2 Å². The Morgan fingerprint density at radius 3 is 2.57 bits per heavy atom. The Kier molecular flexibility index (Phi) is 4.25. The van der Waals surface area contributed by atoms with Crippen LogP contribution < -0.4 is 9.64 Å². The number of rotatable bonds is 3. The van der Waals surface area contributed by atoms with Crippen LogP contribution in [0.15, 0.2) is 36.7 Å². The van der Waals surface area contributed by atoms with Crippen LogP contribution in [0.3, 0.4) is 0 Å². The topological polar surface area (TPSA) is 38.2 Å². The maximum Gasteiger partial charge on any atom is 0.224 e. The van der Waals surface area contributed by atoms with E-state index in [0.29, 0.717) is 10.9 Å². The Morgan fingerprint density at radius 2 is 1.86 bits per heavy atom. The third-order valence-corrected chi connectivity index (χ3v) is 4.02. The number of benzene rings is 1. The van der Waals surface area contributed by atoms with Crippen molar-refractivity contribution in [2.45, 2.75) is 19.8 Å². The SMILES string of the molecule is CC1CCN(c2cc(Oc3ccc(Cl)cc3)ncn2)CC1. The average Bonchev–Trinajstić information content (AvgIpc) is 2.51. The number of piperidine rings is 1. The summed E-state index contributed by atoms with van der Waals surface area (Å²) in [6.45, 7) is 4.38. The summed E-state index contributed by atoms with van der Waals surface area (Å²) in [6, 6.07) is 9.14. The Hall–Kier alpha value is -1.81. The smallest absolute Gasteiger partial charge is 0.224 e. The first-order valence-corrected chi connectivity index (χ1v) is 7.59. The highest BCUT2D eigenvalue weighted by atomic mass is 35.5. The summed E-state index contributed by atoms with van der Waals surface area (Å²) in [5.74, 6) is 3.01. The Bertz CT molecular complexity index is 595. The second kappa shape index (κ2) is 6.31. The zero-order valence-corrected chi connectivity index (χ0v) is 12.8. The molecule has 0 bridgehead atoms. The molecule has 0 amide bonds. The van der Waals surface area contributed by atoms with Gasteiger partial charge < -0.3 is 9.64 Å². The van der Waals surface area contributed by atoms with Crippen molar-refractivity contribution in [1.29, 1.82) is 0 Å². The van der Waals surface area contributed by atoms with E-state index < -0.39 is 0 Å². The van der Waals surface area contributed by atoms with Crippen molar-refractivity contribution >= 4 is 17.4 Å². The van der Waals surface area contributed by atoms with Crippen molar-refractivity contribution in [2.75, 3.05) is 18.0 Å². The standard InChI is InChI=1S/C16H18ClN3O/c1-12-6-8-20(9-7-12)15-10-16(19-11-18-15)21-14-4-2-13(17)3-5-14/h2-5,10-12H,6-9H2,1H3. The maximum atomic E-state index is 5.87. The molecule has 0 aliphatic carbocycles. The zero-order chi connectivity index (χ0) is 14.7. The highest BCUT2D eigenvalue weighted by molar-refractivity contribution is 6.30. The average molecular weight is 304 g/mol. The minimum absolute atomic E-state index is 0.556. The van der Waals surface area contributed by atoms with E-state index >= 15 is 0 Å². The molecule has 1 fully saturated rings. The monoisotopic (exact) mass is 303 g/mol. The van der Waals surface area contributed by atoms with Crippen LogP contribution in [0.5, 0.6) is 11.6 Å². The third-order valence-electron chi connectivity index (χ3n) is 3.77. The normalized spacial score (nSPS) is 16.0. The van der Waals surface area contributed by atoms with E-state index in [1.165, 1.54) is 12.8 Å². The number of aromatic nitrogens is 2. The fraction of sp³-hybridized carbons (Fsp3) is 0.375. The van der Waals surface area contributed by atoms with Gasteiger partial charge in [-0.15, -0.1) is 0 Å². The Balaban J connectivity index is 1.72. The summed E-state index contributed by atoms with van der Waals surface area (Å²) < 4.78 is 5.75. The molecule has 0 N–H and O–H groups in total. The van der Waals surface area contributed by atoms with Gasteiger partial charge in [0.2, 0.25) is 5.88 Å². The van der Waals surface area contributed by atoms with E-state index in [9.17, 15) is 0 Å². The number of hydrogen-bond donors (Lipinski definition) is 0. The van der Waals surface area contributed by atoms with Gasteiger partial charge in [-0.2, -0.15) is 0 Å². The summed E-state index contributed by atoms with van der Waals surface area (Å²) in [5, 5.41) is 0.688. The molecule has 1 aromatic heterocycles. The summed E-state index contributed by atoms with van der Waals surface area (Å²) in [7, 11) is 0. The van der Waals surface area contributed by atoms with Crippen molar-refractivity contribution in [3.05, 3.63) is 41.7 Å². The fourth-order valence-corrected chi connectivity index (χ4v) is 2.55. The Labute approximate surface area is 129 Å². The molecule has 2 aromatic rings. The van der Waals surface area contributed by atoms with Crippen LogP contribution in [0.2, 0.25) is 5.02 Å². The van der Waals surface area contributed by atoms with Gasteiger partial charge in [-0.05, 0) is 43.0 Å². The highest BCUT2D eigenvalue weighted by Crippen LogP contribution is 2.26. The first kappa shape index (κ1) is 14.1. The third kappa shape index (κ3) is 3.64. The van der Waals surface area contributed by atoms with E-state index in [4.69, 9.17) is 16.3 Å². The Morgan fingerprint density at radius 1 is 1.14 bits per heavy atom. The highest BCUT2D eigenvalue weighted by Gasteiger charge is 2.17. The lowest BCUT2D eigenvalue weighted by molar-refractivity contribution is 0.433. The fourth-order valence-electron chi connectivity index (χ4n) is 2.42. The summed E-state index contributed by atoms with van der Waals surface area (Å²) >= 11 is 5.87. The van der Waals surface area contributed by atoms with Gasteiger partial charge in [-0.25, -0.2) is 9.97 Å². The molecule has 0 saturated carbocycles. The van der Waals surface area contributed by atoms with Crippen LogP contribution in [-0.4, -0.2) is 23.1 Å². The number of halogens is 1. The summed E-state index contributed by atoms with van der Waals surface area (Å²) in [4.78, 5) is 10.8. The van der Waals surface area contributed by atoms with E-state index in [-0.39, 0.29) is 0 Å². The maximum absolute atomic E-state index is 5.87. The molecular weight excluding hydrogens is 286 g/mol. The van der Waals surface area contributed by atoms with Gasteiger partial charge in [-0.1, -0.05) is 18.5 Å². The van der Waals surface area contributed by atoms with E-state index in [0.717, 1.165) is 30.6 Å². The van der Waals surface area contributed by atoms with Crippen LogP contribution in [0.1, 0.15) is 19.8 Å². The van der Waals surface area contributed by atoms with Gasteiger partial charge in [0.1, 0.15) is 17.9 Å². The molecule has 1 aromatic carbocycles. The van der Waals surface area contributed by atoms with E-state index in [2.05, 4.69) is 21.8 Å². The van der Waals surface area contributed by atoms with Gasteiger partial charge in [0, 0.05) is 24.2 Å². The molecular formula is C16H18ClN3O. The van der Waals surface area contributed by atoms with Gasteiger partial charge in [-0.3, -0.25) is 0 Å². The molecule has 1 saturated heterocycles. The predicted molar refractivity (Wildman–Crippen MR) is 84.2 cm³/mol. The van der Waals surface area contributed by atoms with E-state index in [1.54, 1.807) is 18.5 Å². The zero-order valence-electron chi connectivity index (χ0n) is 12.0. The molecule has 2 heterocycles. The van der Waals surface area contributed by atoms with Gasteiger partial charge >= 0.3 is 0 Å². The minimum atomic E-state index is 0.556. The lowest BCUT2D eigenvalue weighted by atomic mass is 9.99. The number of anilines is 1. The van der Waals surface area contributed by atoms with Crippen LogP contribution in [0, 0.1) is 5.92 Å². The largest absolute Gasteiger partial charge is 0.439 e. The van der Waals surface area contributed by atoms with Gasteiger partial charge in [0.15, 0.2) is 0 Å². The van der Waals surface area contributed by atoms with Crippen molar-refractivity contribution in [2.24, 2.45) is 5.92 Å². The van der Waals surface area contributed by atoms with Crippen LogP contribution in [-0.2, 0) is 0 Å².